The van der Waals surface area contributed by atoms with Crippen LogP contribution in [0.1, 0.15) is 73.1 Å². The number of nitrogens with one attached hydrogen (secondary N) is 1. The van der Waals surface area contributed by atoms with E-state index in [-0.39, 0.29) is 28.7 Å². The van der Waals surface area contributed by atoms with E-state index in [2.05, 4.69) is 27.8 Å². The third-order valence-corrected chi connectivity index (χ3v) is 13.7. The van der Waals surface area contributed by atoms with Crippen LogP contribution < -0.4 is 14.4 Å². The van der Waals surface area contributed by atoms with E-state index in [1.807, 2.05) is 43.3 Å². The summed E-state index contributed by atoms with van der Waals surface area (Å²) in [6.07, 6.45) is 11.4. The number of nitrogens with zero attached hydrogens (tertiary/aromatic N) is 2. The van der Waals surface area contributed by atoms with Gasteiger partial charge >= 0.3 is 0 Å². The highest BCUT2D eigenvalue weighted by Gasteiger charge is 2.50. The van der Waals surface area contributed by atoms with Crippen LogP contribution in [0.25, 0.3) is 0 Å². The maximum absolute atomic E-state index is 13.5. The summed E-state index contributed by atoms with van der Waals surface area (Å²) in [5.41, 5.74) is 3.38. The van der Waals surface area contributed by atoms with Gasteiger partial charge in [-0.3, -0.25) is 9.78 Å². The lowest BCUT2D eigenvalue weighted by atomic mass is 9.62. The van der Waals surface area contributed by atoms with Gasteiger partial charge in [0.15, 0.2) is 0 Å². The number of fused-ring (bicyclic) bond motifs is 4. The molecule has 2 aliphatic heterocycles. The summed E-state index contributed by atoms with van der Waals surface area (Å²) in [5.74, 6) is 0.191. The second kappa shape index (κ2) is 12.8. The average molecular weight is 690 g/mol. The topological polar surface area (TPSA) is 97.8 Å². The Labute approximate surface area is 288 Å². The third kappa shape index (κ3) is 5.81. The van der Waals surface area contributed by atoms with E-state index >= 15 is 0 Å². The van der Waals surface area contributed by atoms with Gasteiger partial charge in [-0.1, -0.05) is 42.8 Å². The van der Waals surface area contributed by atoms with Gasteiger partial charge in [0, 0.05) is 48.3 Å². The van der Waals surface area contributed by atoms with Crippen LogP contribution in [0.5, 0.6) is 5.75 Å². The molecule has 1 spiro atoms. The highest BCUT2D eigenvalue weighted by atomic mass is 35.5. The molecule has 0 radical (unpaired) electrons. The van der Waals surface area contributed by atoms with Gasteiger partial charge in [-0.25, -0.2) is 13.1 Å². The van der Waals surface area contributed by atoms with Crippen molar-refractivity contribution in [3.63, 3.8) is 0 Å². The summed E-state index contributed by atoms with van der Waals surface area (Å²) < 4.78 is 42.5. The molecule has 1 saturated carbocycles. The number of hydrogen-bond donors (Lipinski definition) is 1. The van der Waals surface area contributed by atoms with Crippen molar-refractivity contribution in [2.24, 2.45) is 17.8 Å². The average Bonchev–Trinajstić information content (AvgIpc) is 3.22. The Kier molecular flexibility index (Phi) is 8.84. The van der Waals surface area contributed by atoms with Crippen molar-refractivity contribution < 1.29 is 22.7 Å². The Balaban J connectivity index is 1.36. The lowest BCUT2D eigenvalue weighted by molar-refractivity contribution is -0.0831. The van der Waals surface area contributed by atoms with Crippen LogP contribution in [0.15, 0.2) is 72.9 Å². The second-order valence-electron chi connectivity index (χ2n) is 14.2. The van der Waals surface area contributed by atoms with Gasteiger partial charge in [0.1, 0.15) is 11.4 Å². The third-order valence-electron chi connectivity index (χ3n) is 11.5. The number of anilines is 1. The first kappa shape index (κ1) is 33.1. The van der Waals surface area contributed by atoms with Crippen LogP contribution in [0.4, 0.5) is 5.69 Å². The number of pyridine rings is 1. The summed E-state index contributed by atoms with van der Waals surface area (Å²) in [6.45, 7) is 5.45. The van der Waals surface area contributed by atoms with Gasteiger partial charge in [-0.05, 0) is 111 Å². The van der Waals surface area contributed by atoms with E-state index in [0.717, 1.165) is 48.5 Å². The van der Waals surface area contributed by atoms with Gasteiger partial charge in [-0.15, -0.1) is 0 Å². The summed E-state index contributed by atoms with van der Waals surface area (Å²) in [6, 6.07) is 17.4. The molecule has 1 fully saturated rings. The van der Waals surface area contributed by atoms with Crippen molar-refractivity contribution in [1.29, 1.82) is 0 Å². The molecule has 0 saturated heterocycles. The van der Waals surface area contributed by atoms with E-state index in [1.165, 1.54) is 11.1 Å². The van der Waals surface area contributed by atoms with E-state index in [9.17, 15) is 13.2 Å². The fourth-order valence-electron chi connectivity index (χ4n) is 8.44. The van der Waals surface area contributed by atoms with Crippen molar-refractivity contribution in [1.82, 2.24) is 9.71 Å². The number of sulfonamides is 1. The number of ether oxygens (including phenoxy) is 2. The minimum Gasteiger partial charge on any atom is -0.490 e. The molecule has 10 heteroatoms. The maximum Gasteiger partial charge on any atom is 0.264 e. The summed E-state index contributed by atoms with van der Waals surface area (Å²) in [7, 11) is -2.22. The molecule has 3 aromatic rings. The standard InChI is InChI=1S/C38H44ClN3O5S/c1-25-8-6-18-38(46-3,35-10-4-5-19-40-35)32-14-11-29(32)22-42-23-37(17-7-9-27-20-30(39)13-15-31(27)37)24-47-34-16-12-28(21-33(34)42)36(43)41-48(44,45)26(25)2/h4-6,10,12-13,15-16,18-21,25-26,29,32H,7-9,11,14,17,22-24H2,1-3H3,(H,41,43)/b18-6+/t25-,26+,29-,32+,37-,38-/m0/s1. The Morgan fingerprint density at radius 3 is 2.71 bits per heavy atom. The van der Waals surface area contributed by atoms with E-state index < -0.39 is 26.8 Å². The molecule has 2 bridgehead atoms. The predicted octanol–water partition coefficient (Wildman–Crippen LogP) is 6.82. The monoisotopic (exact) mass is 689 g/mol. The highest BCUT2D eigenvalue weighted by molar-refractivity contribution is 7.90. The molecule has 7 rings (SSSR count). The highest BCUT2D eigenvalue weighted by Crippen LogP contribution is 2.51. The zero-order valence-electron chi connectivity index (χ0n) is 27.8. The number of carbonyl (C=O) groups excluding carboxylic acids is 1. The predicted molar refractivity (Wildman–Crippen MR) is 188 cm³/mol. The number of rotatable bonds is 2. The smallest absolute Gasteiger partial charge is 0.264 e. The SMILES string of the molecule is CO[C@@]1(c2ccccn2)/C=C/C[C@H](C)[C@@H](C)S(=O)(=O)NC(=O)c2ccc3c(c2)N(C[C@@H]2CC[C@H]21)C[C@@]1(CCCc2cc(Cl)ccc21)CO3. The first-order valence-corrected chi connectivity index (χ1v) is 19.0. The van der Waals surface area contributed by atoms with E-state index in [1.54, 1.807) is 32.4 Å². The van der Waals surface area contributed by atoms with Crippen LogP contribution in [0.2, 0.25) is 5.02 Å². The van der Waals surface area contributed by atoms with E-state index in [4.69, 9.17) is 26.1 Å². The van der Waals surface area contributed by atoms with Crippen molar-refractivity contribution in [3.8, 4) is 5.75 Å². The number of amides is 1. The molecule has 8 nitrogen and oxygen atoms in total. The molecule has 4 aliphatic rings. The lowest BCUT2D eigenvalue weighted by Crippen LogP contribution is -2.52. The number of hydrogen-bond acceptors (Lipinski definition) is 7. The Morgan fingerprint density at radius 2 is 1.96 bits per heavy atom. The van der Waals surface area contributed by atoms with Gasteiger partial charge in [0.25, 0.3) is 5.91 Å². The van der Waals surface area contributed by atoms with Crippen LogP contribution in [-0.4, -0.2) is 51.4 Å². The van der Waals surface area contributed by atoms with Crippen LogP contribution >= 0.6 is 11.6 Å². The van der Waals surface area contributed by atoms with E-state index in [0.29, 0.717) is 31.9 Å². The number of halogens is 1. The van der Waals surface area contributed by atoms with Crippen LogP contribution in [0.3, 0.4) is 0 Å². The number of allylic oxidation sites excluding steroid dienone is 1. The summed E-state index contributed by atoms with van der Waals surface area (Å²) in [4.78, 5) is 20.7. The normalized spacial score (nSPS) is 32.1. The van der Waals surface area contributed by atoms with Crippen molar-refractivity contribution in [3.05, 3.63) is 100 Å². The Hall–Kier alpha value is -3.40. The molecule has 2 aliphatic carbocycles. The Bertz CT molecular complexity index is 1830. The quantitative estimate of drug-likeness (QED) is 0.295. The molecule has 0 unspecified atom stereocenters. The maximum atomic E-state index is 13.5. The second-order valence-corrected chi connectivity index (χ2v) is 16.7. The number of carbonyl (C=O) groups is 1. The van der Waals surface area contributed by atoms with Crippen molar-refractivity contribution >= 4 is 33.2 Å². The number of benzene rings is 2. The molecule has 1 amide bonds. The minimum atomic E-state index is -3.96. The molecule has 48 heavy (non-hydrogen) atoms. The zero-order valence-corrected chi connectivity index (χ0v) is 29.4. The van der Waals surface area contributed by atoms with Crippen molar-refractivity contribution in [2.75, 3.05) is 31.7 Å². The van der Waals surface area contributed by atoms with Crippen LogP contribution in [0, 0.1) is 17.8 Å². The molecule has 1 aromatic heterocycles. The molecule has 3 heterocycles. The molecular formula is C38H44ClN3O5S. The molecular weight excluding hydrogens is 646 g/mol. The van der Waals surface area contributed by atoms with Crippen LogP contribution in [-0.2, 0) is 32.2 Å². The largest absolute Gasteiger partial charge is 0.490 e. The lowest BCUT2D eigenvalue weighted by Gasteiger charge is -2.50. The molecule has 6 atom stereocenters. The number of methoxy groups -OCH3 is 1. The molecule has 2 aromatic carbocycles. The number of aryl methyl sites for hydroxylation is 1. The Morgan fingerprint density at radius 1 is 1.10 bits per heavy atom. The zero-order chi connectivity index (χ0) is 33.7. The summed E-state index contributed by atoms with van der Waals surface area (Å²) in [5, 5.41) is -0.0682. The van der Waals surface area contributed by atoms with Gasteiger partial charge in [-0.2, -0.15) is 0 Å². The van der Waals surface area contributed by atoms with Gasteiger partial charge < -0.3 is 14.4 Å². The molecule has 254 valence electrons. The number of aromatic nitrogens is 1. The van der Waals surface area contributed by atoms with Gasteiger partial charge in [0.2, 0.25) is 10.0 Å². The van der Waals surface area contributed by atoms with Gasteiger partial charge in [0.05, 0.1) is 23.2 Å². The first-order valence-electron chi connectivity index (χ1n) is 17.1. The van der Waals surface area contributed by atoms with Crippen molar-refractivity contribution in [2.45, 2.75) is 68.6 Å². The molecule has 1 N–H and O–H groups in total. The first-order chi connectivity index (χ1) is 23.0. The fraction of sp³-hybridized carbons (Fsp3) is 0.474. The summed E-state index contributed by atoms with van der Waals surface area (Å²) >= 11 is 6.46. The minimum absolute atomic E-state index is 0.130. The fourth-order valence-corrected chi connectivity index (χ4v) is 9.92.